The van der Waals surface area contributed by atoms with E-state index in [-0.39, 0.29) is 10.9 Å². The van der Waals surface area contributed by atoms with Crippen LogP contribution in [-0.2, 0) is 16.6 Å². The summed E-state index contributed by atoms with van der Waals surface area (Å²) in [6.45, 7) is 4.11. The maximum Gasteiger partial charge on any atom is 0.244 e. The first-order chi connectivity index (χ1) is 8.44. The lowest BCUT2D eigenvalue weighted by molar-refractivity contribution is 0.465. The molecule has 1 fully saturated rings. The molecule has 0 aromatic carbocycles. The second-order valence-corrected chi connectivity index (χ2v) is 6.59. The average molecular weight is 272 g/mol. The first-order valence-electron chi connectivity index (χ1n) is 6.20. The predicted octanol–water partition coefficient (Wildman–Crippen LogP) is 1.38. The second kappa shape index (κ2) is 5.03. The zero-order valence-corrected chi connectivity index (χ0v) is 11.8. The Hall–Kier alpha value is -0.850. The van der Waals surface area contributed by atoms with Crippen molar-refractivity contribution in [1.82, 2.24) is 10.0 Å². The number of aryl methyl sites for hydroxylation is 1. The van der Waals surface area contributed by atoms with Gasteiger partial charge in [0.15, 0.2) is 0 Å². The van der Waals surface area contributed by atoms with Crippen LogP contribution in [0, 0.1) is 12.8 Å². The van der Waals surface area contributed by atoms with Gasteiger partial charge in [0.05, 0.1) is 6.54 Å². The molecular formula is C12H20N2O3S. The highest BCUT2D eigenvalue weighted by Gasteiger charge is 2.32. The van der Waals surface area contributed by atoms with Crippen molar-refractivity contribution in [3.05, 3.63) is 17.6 Å². The van der Waals surface area contributed by atoms with Crippen molar-refractivity contribution in [3.63, 3.8) is 0 Å². The molecule has 1 aromatic heterocycles. The largest absolute Gasteiger partial charge is 0.464 e. The summed E-state index contributed by atoms with van der Waals surface area (Å²) >= 11 is 0. The predicted molar refractivity (Wildman–Crippen MR) is 68.7 cm³/mol. The minimum absolute atomic E-state index is 0.00273. The SMILES string of the molecule is CNCc1cc(S(=O)(=O)NC(C)C2CC2)c(C)o1. The van der Waals surface area contributed by atoms with Gasteiger partial charge in [-0.3, -0.25) is 0 Å². The van der Waals surface area contributed by atoms with Gasteiger partial charge in [0, 0.05) is 12.1 Å². The van der Waals surface area contributed by atoms with E-state index in [0.29, 0.717) is 24.0 Å². The third-order valence-electron chi connectivity index (χ3n) is 3.23. The highest BCUT2D eigenvalue weighted by Crippen LogP contribution is 2.33. The van der Waals surface area contributed by atoms with Gasteiger partial charge in [-0.05, 0) is 39.7 Å². The van der Waals surface area contributed by atoms with E-state index in [2.05, 4.69) is 10.0 Å². The summed E-state index contributed by atoms with van der Waals surface area (Å²) in [5.74, 6) is 1.56. The summed E-state index contributed by atoms with van der Waals surface area (Å²) in [7, 11) is -1.67. The van der Waals surface area contributed by atoms with Crippen LogP contribution in [0.15, 0.2) is 15.4 Å². The van der Waals surface area contributed by atoms with Crippen LogP contribution >= 0.6 is 0 Å². The lowest BCUT2D eigenvalue weighted by Gasteiger charge is -2.12. The number of hydrogen-bond acceptors (Lipinski definition) is 4. The molecule has 1 unspecified atom stereocenters. The van der Waals surface area contributed by atoms with Gasteiger partial charge in [0.1, 0.15) is 16.4 Å². The average Bonchev–Trinajstić information content (AvgIpc) is 3.03. The van der Waals surface area contributed by atoms with Crippen LogP contribution in [0.5, 0.6) is 0 Å². The molecule has 102 valence electrons. The van der Waals surface area contributed by atoms with Crippen molar-refractivity contribution >= 4 is 10.0 Å². The monoisotopic (exact) mass is 272 g/mol. The fourth-order valence-corrected chi connectivity index (χ4v) is 3.57. The van der Waals surface area contributed by atoms with E-state index in [1.165, 1.54) is 0 Å². The highest BCUT2D eigenvalue weighted by molar-refractivity contribution is 7.89. The first-order valence-corrected chi connectivity index (χ1v) is 7.68. The maximum atomic E-state index is 12.2. The maximum absolute atomic E-state index is 12.2. The van der Waals surface area contributed by atoms with Crippen molar-refractivity contribution in [1.29, 1.82) is 0 Å². The Balaban J connectivity index is 2.17. The summed E-state index contributed by atoms with van der Waals surface area (Å²) in [5.41, 5.74) is 0. The molecule has 1 aromatic rings. The Labute approximate surface area is 108 Å². The summed E-state index contributed by atoms with van der Waals surface area (Å²) < 4.78 is 32.6. The summed E-state index contributed by atoms with van der Waals surface area (Å²) in [5, 5.41) is 2.94. The quantitative estimate of drug-likeness (QED) is 0.821. The fraction of sp³-hybridized carbons (Fsp3) is 0.667. The van der Waals surface area contributed by atoms with E-state index in [4.69, 9.17) is 4.42 Å². The smallest absolute Gasteiger partial charge is 0.244 e. The number of rotatable bonds is 6. The Bertz CT molecular complexity index is 517. The fourth-order valence-electron chi connectivity index (χ4n) is 2.05. The summed E-state index contributed by atoms with van der Waals surface area (Å²) in [4.78, 5) is 0.250. The molecule has 1 saturated carbocycles. The van der Waals surface area contributed by atoms with Crippen molar-refractivity contribution < 1.29 is 12.8 Å². The molecule has 5 nitrogen and oxygen atoms in total. The van der Waals surface area contributed by atoms with E-state index in [1.54, 1.807) is 20.0 Å². The van der Waals surface area contributed by atoms with Gasteiger partial charge in [0.2, 0.25) is 10.0 Å². The molecule has 0 spiro atoms. The lowest BCUT2D eigenvalue weighted by atomic mass is 10.2. The Morgan fingerprint density at radius 3 is 2.72 bits per heavy atom. The van der Waals surface area contributed by atoms with Crippen LogP contribution in [0.2, 0.25) is 0 Å². The molecule has 1 heterocycles. The van der Waals surface area contributed by atoms with E-state index >= 15 is 0 Å². The van der Waals surface area contributed by atoms with E-state index in [9.17, 15) is 8.42 Å². The van der Waals surface area contributed by atoms with Crippen LogP contribution in [0.4, 0.5) is 0 Å². The molecule has 1 atom stereocenters. The van der Waals surface area contributed by atoms with E-state index in [1.807, 2.05) is 6.92 Å². The molecule has 2 rings (SSSR count). The summed E-state index contributed by atoms with van der Waals surface area (Å²) in [6.07, 6.45) is 2.22. The molecule has 18 heavy (non-hydrogen) atoms. The van der Waals surface area contributed by atoms with Gasteiger partial charge in [-0.2, -0.15) is 0 Å². The van der Waals surface area contributed by atoms with Gasteiger partial charge in [-0.1, -0.05) is 0 Å². The standard InChI is InChI=1S/C12H20N2O3S/c1-8(10-4-5-10)14-18(15,16)12-6-11(7-13-3)17-9(12)2/h6,8,10,13-14H,4-5,7H2,1-3H3. The number of nitrogens with one attached hydrogen (secondary N) is 2. The second-order valence-electron chi connectivity index (χ2n) is 4.91. The van der Waals surface area contributed by atoms with E-state index < -0.39 is 10.0 Å². The zero-order chi connectivity index (χ0) is 13.3. The third kappa shape index (κ3) is 2.93. The van der Waals surface area contributed by atoms with E-state index in [0.717, 1.165) is 12.8 Å². The van der Waals surface area contributed by atoms with Gasteiger partial charge >= 0.3 is 0 Å². The molecule has 0 aliphatic heterocycles. The van der Waals surface area contributed by atoms with Gasteiger partial charge in [0.25, 0.3) is 0 Å². The highest BCUT2D eigenvalue weighted by atomic mass is 32.2. The number of sulfonamides is 1. The molecule has 0 bridgehead atoms. The molecule has 0 saturated heterocycles. The van der Waals surface area contributed by atoms with Gasteiger partial charge in [-0.15, -0.1) is 0 Å². The minimum Gasteiger partial charge on any atom is -0.464 e. The van der Waals surface area contributed by atoms with Crippen molar-refractivity contribution in [2.24, 2.45) is 5.92 Å². The van der Waals surface area contributed by atoms with Crippen LogP contribution in [0.25, 0.3) is 0 Å². The molecule has 2 N–H and O–H groups in total. The minimum atomic E-state index is -3.46. The van der Waals surface area contributed by atoms with Crippen LogP contribution < -0.4 is 10.0 Å². The Kier molecular flexibility index (Phi) is 3.79. The molecule has 1 aliphatic carbocycles. The molecule has 0 amide bonds. The molecule has 0 radical (unpaired) electrons. The van der Waals surface area contributed by atoms with Gasteiger partial charge < -0.3 is 9.73 Å². The van der Waals surface area contributed by atoms with Crippen molar-refractivity contribution in [3.8, 4) is 0 Å². The molecular weight excluding hydrogens is 252 g/mol. The Morgan fingerprint density at radius 2 is 2.17 bits per heavy atom. The molecule has 1 aliphatic rings. The van der Waals surface area contributed by atoms with Crippen molar-refractivity contribution in [2.75, 3.05) is 7.05 Å². The molecule has 6 heteroatoms. The summed E-state index contributed by atoms with van der Waals surface area (Å²) in [6, 6.07) is 1.59. The number of furan rings is 1. The topological polar surface area (TPSA) is 71.3 Å². The van der Waals surface area contributed by atoms with Crippen LogP contribution in [0.3, 0.4) is 0 Å². The lowest BCUT2D eigenvalue weighted by Crippen LogP contribution is -2.34. The van der Waals surface area contributed by atoms with Crippen LogP contribution in [-0.4, -0.2) is 21.5 Å². The van der Waals surface area contributed by atoms with Gasteiger partial charge in [-0.25, -0.2) is 13.1 Å². The number of hydrogen-bond donors (Lipinski definition) is 2. The van der Waals surface area contributed by atoms with Crippen LogP contribution in [0.1, 0.15) is 31.3 Å². The zero-order valence-electron chi connectivity index (χ0n) is 11.0. The Morgan fingerprint density at radius 1 is 1.50 bits per heavy atom. The third-order valence-corrected chi connectivity index (χ3v) is 4.90. The first kappa shape index (κ1) is 13.6. The normalized spacial score (nSPS) is 17.9. The van der Waals surface area contributed by atoms with Crippen molar-refractivity contribution in [2.45, 2.75) is 44.2 Å².